The minimum absolute atomic E-state index is 0.211. The highest BCUT2D eigenvalue weighted by Crippen LogP contribution is 2.50. The summed E-state index contributed by atoms with van der Waals surface area (Å²) in [5, 5.41) is 2.78. The predicted octanol–water partition coefficient (Wildman–Crippen LogP) is 4.79. The quantitative estimate of drug-likeness (QED) is 0.739. The lowest BCUT2D eigenvalue weighted by molar-refractivity contribution is -0.138. The van der Waals surface area contributed by atoms with Gasteiger partial charge in [-0.15, -0.1) is 0 Å². The molecule has 1 aliphatic heterocycles. The molecule has 2 nitrogen and oxygen atoms in total. The number of benzene rings is 2. The molecule has 22 heavy (non-hydrogen) atoms. The lowest BCUT2D eigenvalue weighted by Crippen LogP contribution is -2.32. The lowest BCUT2D eigenvalue weighted by Gasteiger charge is -2.24. The normalized spacial score (nSPS) is 20.7. The summed E-state index contributed by atoms with van der Waals surface area (Å²) >= 11 is 12.3. The third-order valence-electron chi connectivity index (χ3n) is 3.52. The van der Waals surface area contributed by atoms with Crippen molar-refractivity contribution >= 4 is 34.8 Å². The van der Waals surface area contributed by atoms with E-state index >= 15 is 0 Å². The van der Waals surface area contributed by atoms with Crippen molar-refractivity contribution in [3.63, 3.8) is 0 Å². The lowest BCUT2D eigenvalue weighted by atomic mass is 9.88. The first kappa shape index (κ1) is 15.2. The van der Waals surface area contributed by atoms with E-state index in [1.807, 2.05) is 0 Å². The highest BCUT2D eigenvalue weighted by molar-refractivity contribution is 6.41. The molecule has 3 rings (SSSR count). The van der Waals surface area contributed by atoms with Gasteiger partial charge in [0.1, 0.15) is 0 Å². The summed E-state index contributed by atoms with van der Waals surface area (Å²) in [7, 11) is 0. The van der Waals surface area contributed by atoms with Gasteiger partial charge in [0.2, 0.25) is 0 Å². The number of amides is 1. The fourth-order valence-electron chi connectivity index (χ4n) is 2.54. The fraction of sp³-hybridized carbons (Fsp3) is 0.133. The van der Waals surface area contributed by atoms with Crippen LogP contribution in [0.25, 0.3) is 0 Å². The summed E-state index contributed by atoms with van der Waals surface area (Å²) in [5.41, 5.74) is -0.708. The van der Waals surface area contributed by atoms with Gasteiger partial charge in [-0.2, -0.15) is 13.2 Å². The number of fused-ring (bicyclic) bond motifs is 1. The van der Waals surface area contributed by atoms with Crippen LogP contribution < -0.4 is 5.32 Å². The molecule has 1 N–H and O–H groups in total. The van der Waals surface area contributed by atoms with Crippen molar-refractivity contribution in [3.05, 3.63) is 64.2 Å². The monoisotopic (exact) mass is 345 g/mol. The number of nitrogens with one attached hydrogen (secondary N) is 1. The molecule has 0 saturated carbocycles. The summed E-state index contributed by atoms with van der Waals surface area (Å²) in [6.07, 6.45) is -4.62. The maximum absolute atomic E-state index is 13.2. The Hall–Kier alpha value is -1.72. The number of anilines is 1. The van der Waals surface area contributed by atoms with E-state index in [1.165, 1.54) is 36.4 Å². The van der Waals surface area contributed by atoms with Crippen LogP contribution in [0.3, 0.4) is 0 Å². The Kier molecular flexibility index (Phi) is 3.38. The Bertz CT molecular complexity index is 776. The van der Waals surface area contributed by atoms with Crippen molar-refractivity contribution in [1.29, 1.82) is 0 Å². The zero-order chi connectivity index (χ0) is 16.1. The Labute approximate surface area is 133 Å². The highest BCUT2D eigenvalue weighted by Gasteiger charge is 2.51. The summed E-state index contributed by atoms with van der Waals surface area (Å²) in [5.74, 6) is -0.733. The van der Waals surface area contributed by atoms with Crippen LogP contribution in [-0.4, -0.2) is 5.91 Å². The maximum atomic E-state index is 13.2. The molecule has 2 aromatic carbocycles. The molecule has 114 valence electrons. The van der Waals surface area contributed by atoms with Crippen molar-refractivity contribution in [2.75, 3.05) is 5.32 Å². The van der Waals surface area contributed by atoms with Crippen LogP contribution in [0.5, 0.6) is 0 Å². The van der Waals surface area contributed by atoms with Gasteiger partial charge in [0.05, 0.1) is 5.56 Å². The number of hydrogen-bond donors (Lipinski definition) is 1. The van der Waals surface area contributed by atoms with Gasteiger partial charge >= 0.3 is 6.18 Å². The van der Waals surface area contributed by atoms with Gasteiger partial charge in [-0.05, 0) is 29.8 Å². The van der Waals surface area contributed by atoms with E-state index in [-0.39, 0.29) is 16.1 Å². The molecular weight excluding hydrogens is 338 g/mol. The summed E-state index contributed by atoms with van der Waals surface area (Å²) in [4.78, 5) is 10.3. The van der Waals surface area contributed by atoms with Crippen molar-refractivity contribution in [1.82, 2.24) is 0 Å². The van der Waals surface area contributed by atoms with Gasteiger partial charge in [-0.3, -0.25) is 4.79 Å². The second-order valence-electron chi connectivity index (χ2n) is 4.85. The topological polar surface area (TPSA) is 29.1 Å². The van der Waals surface area contributed by atoms with Crippen molar-refractivity contribution in [2.45, 2.75) is 11.1 Å². The van der Waals surface area contributed by atoms with Crippen molar-refractivity contribution in [3.8, 4) is 0 Å². The number of halogens is 5. The van der Waals surface area contributed by atoms with Crippen LogP contribution in [0.1, 0.15) is 16.7 Å². The minimum atomic E-state index is -4.62. The number of alkyl halides is 4. The van der Waals surface area contributed by atoms with Crippen LogP contribution >= 0.6 is 23.2 Å². The maximum Gasteiger partial charge on any atom is 0.416 e. The van der Waals surface area contributed by atoms with Gasteiger partial charge in [0, 0.05) is 16.3 Å². The Morgan fingerprint density at radius 1 is 1.05 bits per heavy atom. The van der Waals surface area contributed by atoms with E-state index in [9.17, 15) is 18.0 Å². The standard InChI is InChI=1S/C15H8Cl2F3NO/c16-8-5-6-12-11(7-8)14(17,13(22)21-12)9-3-1-2-4-10(9)15(18,19)20/h1-7H,(H,21,22). The molecule has 7 heteroatoms. The van der Waals surface area contributed by atoms with E-state index in [0.29, 0.717) is 5.69 Å². The van der Waals surface area contributed by atoms with Crippen LogP contribution in [0, 0.1) is 0 Å². The van der Waals surface area contributed by atoms with Gasteiger partial charge in [0.25, 0.3) is 5.91 Å². The van der Waals surface area contributed by atoms with Gasteiger partial charge < -0.3 is 5.32 Å². The molecule has 0 fully saturated rings. The predicted molar refractivity (Wildman–Crippen MR) is 78.2 cm³/mol. The largest absolute Gasteiger partial charge is 0.416 e. The molecule has 1 unspecified atom stereocenters. The molecule has 0 spiro atoms. The fourth-order valence-corrected chi connectivity index (χ4v) is 3.08. The number of carbonyl (C=O) groups is 1. The first-order chi connectivity index (χ1) is 10.2. The van der Waals surface area contributed by atoms with Gasteiger partial charge in [-0.25, -0.2) is 0 Å². The van der Waals surface area contributed by atoms with Crippen molar-refractivity contribution < 1.29 is 18.0 Å². The summed E-state index contributed by atoms with van der Waals surface area (Å²) in [6.45, 7) is 0. The second-order valence-corrected chi connectivity index (χ2v) is 5.85. The highest BCUT2D eigenvalue weighted by atomic mass is 35.5. The molecule has 2 aromatic rings. The van der Waals surface area contributed by atoms with Crippen LogP contribution in [0.15, 0.2) is 42.5 Å². The average molecular weight is 346 g/mol. The molecule has 1 heterocycles. The Balaban J connectivity index is 2.29. The molecule has 0 aromatic heterocycles. The number of hydrogen-bond acceptors (Lipinski definition) is 1. The number of carbonyl (C=O) groups excluding carboxylic acids is 1. The molecule has 0 radical (unpaired) electrons. The van der Waals surface area contributed by atoms with E-state index in [1.54, 1.807) is 0 Å². The molecule has 1 aliphatic rings. The van der Waals surface area contributed by atoms with Crippen molar-refractivity contribution in [2.24, 2.45) is 0 Å². The van der Waals surface area contributed by atoms with Crippen LogP contribution in [0.4, 0.5) is 18.9 Å². The third-order valence-corrected chi connectivity index (χ3v) is 4.33. The molecule has 1 amide bonds. The van der Waals surface area contributed by atoms with E-state index in [2.05, 4.69) is 5.32 Å². The molecule has 0 aliphatic carbocycles. The minimum Gasteiger partial charge on any atom is -0.324 e. The summed E-state index contributed by atoms with van der Waals surface area (Å²) < 4.78 is 39.7. The Morgan fingerprint density at radius 2 is 1.73 bits per heavy atom. The zero-order valence-corrected chi connectivity index (χ0v) is 12.4. The molecule has 0 bridgehead atoms. The molecule has 1 atom stereocenters. The smallest absolute Gasteiger partial charge is 0.324 e. The first-order valence-electron chi connectivity index (χ1n) is 6.21. The van der Waals surface area contributed by atoms with E-state index in [4.69, 9.17) is 23.2 Å². The second kappa shape index (κ2) is 4.89. The van der Waals surface area contributed by atoms with Crippen LogP contribution in [0.2, 0.25) is 5.02 Å². The average Bonchev–Trinajstić information content (AvgIpc) is 2.71. The molecule has 0 saturated heterocycles. The SMILES string of the molecule is O=C1Nc2ccc(Cl)cc2C1(Cl)c1ccccc1C(F)(F)F. The summed E-state index contributed by atoms with van der Waals surface area (Å²) in [6, 6.07) is 9.19. The van der Waals surface area contributed by atoms with Gasteiger partial charge in [0.15, 0.2) is 4.87 Å². The molecular formula is C15H8Cl2F3NO. The Morgan fingerprint density at radius 3 is 2.41 bits per heavy atom. The zero-order valence-electron chi connectivity index (χ0n) is 10.8. The third kappa shape index (κ3) is 2.16. The first-order valence-corrected chi connectivity index (χ1v) is 6.97. The van der Waals surface area contributed by atoms with E-state index < -0.39 is 22.5 Å². The number of rotatable bonds is 1. The van der Waals surface area contributed by atoms with Gasteiger partial charge in [-0.1, -0.05) is 41.4 Å². The van der Waals surface area contributed by atoms with Crippen LogP contribution in [-0.2, 0) is 15.8 Å². The van der Waals surface area contributed by atoms with E-state index in [0.717, 1.165) is 6.07 Å².